The quantitative estimate of drug-likeness (QED) is 0.873. The van der Waals surface area contributed by atoms with Gasteiger partial charge in [0.1, 0.15) is 5.82 Å². The smallest absolute Gasteiger partial charge is 0.231 e. The third kappa shape index (κ3) is 3.73. The Labute approximate surface area is 126 Å². The zero-order valence-corrected chi connectivity index (χ0v) is 13.1. The van der Waals surface area contributed by atoms with Crippen LogP contribution in [-0.2, 0) is 4.79 Å². The molecule has 1 aliphatic rings. The number of amides is 1. The molecule has 21 heavy (non-hydrogen) atoms. The summed E-state index contributed by atoms with van der Waals surface area (Å²) in [4.78, 5) is 19.0. The molecule has 3 N–H and O–H groups in total. The van der Waals surface area contributed by atoms with Crippen LogP contribution in [0.4, 0.5) is 11.5 Å². The highest BCUT2D eigenvalue weighted by Crippen LogP contribution is 2.23. The van der Waals surface area contributed by atoms with Crippen LogP contribution in [0.15, 0.2) is 18.3 Å². The summed E-state index contributed by atoms with van der Waals surface area (Å²) in [5, 5.41) is 2.91. The molecule has 1 atom stereocenters. The van der Waals surface area contributed by atoms with Gasteiger partial charge >= 0.3 is 0 Å². The minimum Gasteiger partial charge on any atom is -0.357 e. The van der Waals surface area contributed by atoms with E-state index in [4.69, 9.17) is 5.73 Å². The first-order chi connectivity index (χ1) is 10.1. The number of hydrogen-bond donors (Lipinski definition) is 2. The van der Waals surface area contributed by atoms with Crippen molar-refractivity contribution < 1.29 is 4.79 Å². The van der Waals surface area contributed by atoms with E-state index in [-0.39, 0.29) is 5.91 Å². The zero-order valence-electron chi connectivity index (χ0n) is 13.1. The van der Waals surface area contributed by atoms with Crippen LogP contribution in [0.3, 0.4) is 0 Å². The van der Waals surface area contributed by atoms with Gasteiger partial charge in [-0.05, 0) is 44.7 Å². The molecule has 5 nitrogen and oxygen atoms in total. The molecule has 1 aromatic rings. The van der Waals surface area contributed by atoms with Gasteiger partial charge in [-0.2, -0.15) is 0 Å². The molecule has 0 bridgehead atoms. The standard InChI is InChI=1S/C16H26N4O/c1-3-16(2,12-17)15(21)19-13-7-8-14(18-11-13)20-9-5-4-6-10-20/h7-8,11H,3-6,9-10,12,17H2,1-2H3,(H,19,21). The Hall–Kier alpha value is -1.62. The summed E-state index contributed by atoms with van der Waals surface area (Å²) in [6.07, 6.45) is 6.21. The van der Waals surface area contributed by atoms with Crippen LogP contribution in [0.25, 0.3) is 0 Å². The second-order valence-corrected chi connectivity index (χ2v) is 6.03. The van der Waals surface area contributed by atoms with E-state index in [0.717, 1.165) is 24.6 Å². The van der Waals surface area contributed by atoms with Crippen LogP contribution >= 0.6 is 0 Å². The van der Waals surface area contributed by atoms with Gasteiger partial charge in [-0.3, -0.25) is 4.79 Å². The van der Waals surface area contributed by atoms with Crippen LogP contribution < -0.4 is 16.0 Å². The number of carbonyl (C=O) groups excluding carboxylic acids is 1. The van der Waals surface area contributed by atoms with E-state index in [1.165, 1.54) is 19.3 Å². The Bertz CT molecular complexity index is 462. The third-order valence-electron chi connectivity index (χ3n) is 4.46. The average molecular weight is 290 g/mol. The highest BCUT2D eigenvalue weighted by molar-refractivity contribution is 5.95. The molecule has 1 aliphatic heterocycles. The van der Waals surface area contributed by atoms with Crippen molar-refractivity contribution in [2.75, 3.05) is 29.9 Å². The summed E-state index contributed by atoms with van der Waals surface area (Å²) in [6.45, 7) is 6.34. The molecular formula is C16H26N4O. The molecule has 2 rings (SSSR count). The monoisotopic (exact) mass is 290 g/mol. The highest BCUT2D eigenvalue weighted by Gasteiger charge is 2.29. The lowest BCUT2D eigenvalue weighted by molar-refractivity contribution is -0.124. The highest BCUT2D eigenvalue weighted by atomic mass is 16.2. The van der Waals surface area contributed by atoms with Gasteiger partial charge in [-0.25, -0.2) is 4.98 Å². The van der Waals surface area contributed by atoms with Crippen molar-refractivity contribution in [2.24, 2.45) is 11.1 Å². The van der Waals surface area contributed by atoms with Crippen molar-refractivity contribution >= 4 is 17.4 Å². The lowest BCUT2D eigenvalue weighted by Crippen LogP contribution is -2.39. The van der Waals surface area contributed by atoms with Crippen molar-refractivity contribution in [1.29, 1.82) is 0 Å². The fourth-order valence-corrected chi connectivity index (χ4v) is 2.45. The van der Waals surface area contributed by atoms with E-state index in [1.54, 1.807) is 6.20 Å². The van der Waals surface area contributed by atoms with Crippen LogP contribution in [0.5, 0.6) is 0 Å². The van der Waals surface area contributed by atoms with Crippen LogP contribution in [0, 0.1) is 5.41 Å². The van der Waals surface area contributed by atoms with Gasteiger partial charge in [-0.1, -0.05) is 6.92 Å². The summed E-state index contributed by atoms with van der Waals surface area (Å²) >= 11 is 0. The van der Waals surface area contributed by atoms with Crippen molar-refractivity contribution in [3.05, 3.63) is 18.3 Å². The molecule has 0 aromatic carbocycles. The zero-order chi connectivity index (χ0) is 15.3. The topological polar surface area (TPSA) is 71.2 Å². The molecule has 5 heteroatoms. The van der Waals surface area contributed by atoms with Gasteiger partial charge in [0.25, 0.3) is 0 Å². The predicted octanol–water partition coefficient (Wildman–Crippen LogP) is 2.39. The van der Waals surface area contributed by atoms with E-state index < -0.39 is 5.41 Å². The first kappa shape index (κ1) is 15.8. The summed E-state index contributed by atoms with van der Waals surface area (Å²) in [5.41, 5.74) is 5.92. The normalized spacial score (nSPS) is 18.1. The van der Waals surface area contributed by atoms with E-state index in [1.807, 2.05) is 26.0 Å². The van der Waals surface area contributed by atoms with Crippen LogP contribution in [0.2, 0.25) is 0 Å². The SMILES string of the molecule is CCC(C)(CN)C(=O)Nc1ccc(N2CCCCC2)nc1. The molecule has 1 unspecified atom stereocenters. The number of aromatic nitrogens is 1. The lowest BCUT2D eigenvalue weighted by Gasteiger charge is -2.28. The molecule has 2 heterocycles. The van der Waals surface area contributed by atoms with Crippen molar-refractivity contribution in [1.82, 2.24) is 4.98 Å². The number of nitrogens with two attached hydrogens (primary N) is 1. The molecule has 1 saturated heterocycles. The minimum absolute atomic E-state index is 0.0416. The van der Waals surface area contributed by atoms with Crippen LogP contribution in [-0.4, -0.2) is 30.5 Å². The minimum atomic E-state index is -0.522. The van der Waals surface area contributed by atoms with Gasteiger partial charge in [-0.15, -0.1) is 0 Å². The number of pyridine rings is 1. The van der Waals surface area contributed by atoms with E-state index in [0.29, 0.717) is 13.0 Å². The Morgan fingerprint density at radius 3 is 2.62 bits per heavy atom. The van der Waals surface area contributed by atoms with Crippen molar-refractivity contribution in [3.8, 4) is 0 Å². The van der Waals surface area contributed by atoms with Gasteiger partial charge in [0.15, 0.2) is 0 Å². The molecule has 0 spiro atoms. The van der Waals surface area contributed by atoms with Crippen molar-refractivity contribution in [2.45, 2.75) is 39.5 Å². The van der Waals surface area contributed by atoms with Gasteiger partial charge < -0.3 is 16.0 Å². The van der Waals surface area contributed by atoms with E-state index in [2.05, 4.69) is 15.2 Å². The molecule has 0 radical (unpaired) electrons. The number of carbonyl (C=O) groups is 1. The van der Waals surface area contributed by atoms with Gasteiger partial charge in [0.2, 0.25) is 5.91 Å². The number of anilines is 2. The molecular weight excluding hydrogens is 264 g/mol. The number of nitrogens with one attached hydrogen (secondary N) is 1. The van der Waals surface area contributed by atoms with Gasteiger partial charge in [0, 0.05) is 19.6 Å². The summed E-state index contributed by atoms with van der Waals surface area (Å²) in [6, 6.07) is 3.90. The summed E-state index contributed by atoms with van der Waals surface area (Å²) < 4.78 is 0. The summed E-state index contributed by atoms with van der Waals surface area (Å²) in [5.74, 6) is 0.949. The Morgan fingerprint density at radius 1 is 1.38 bits per heavy atom. The third-order valence-corrected chi connectivity index (χ3v) is 4.46. The number of hydrogen-bond acceptors (Lipinski definition) is 4. The lowest BCUT2D eigenvalue weighted by atomic mass is 9.86. The number of rotatable bonds is 5. The maximum atomic E-state index is 12.3. The molecule has 0 saturated carbocycles. The Morgan fingerprint density at radius 2 is 2.10 bits per heavy atom. The van der Waals surface area contributed by atoms with Crippen molar-refractivity contribution in [3.63, 3.8) is 0 Å². The molecule has 1 amide bonds. The maximum absolute atomic E-state index is 12.3. The molecule has 0 aliphatic carbocycles. The Balaban J connectivity index is 2.00. The van der Waals surface area contributed by atoms with Crippen LogP contribution in [0.1, 0.15) is 39.5 Å². The first-order valence-electron chi connectivity index (χ1n) is 7.81. The predicted molar refractivity (Wildman–Crippen MR) is 86.4 cm³/mol. The maximum Gasteiger partial charge on any atom is 0.231 e. The molecule has 1 aromatic heterocycles. The fraction of sp³-hybridized carbons (Fsp3) is 0.625. The largest absolute Gasteiger partial charge is 0.357 e. The van der Waals surface area contributed by atoms with E-state index in [9.17, 15) is 4.79 Å². The number of piperidine rings is 1. The second kappa shape index (κ2) is 6.89. The first-order valence-corrected chi connectivity index (χ1v) is 7.81. The number of nitrogens with zero attached hydrogens (tertiary/aromatic N) is 2. The second-order valence-electron chi connectivity index (χ2n) is 6.03. The molecule has 1 fully saturated rings. The molecule has 116 valence electrons. The average Bonchev–Trinajstić information content (AvgIpc) is 2.55. The fourth-order valence-electron chi connectivity index (χ4n) is 2.45. The summed E-state index contributed by atoms with van der Waals surface area (Å²) in [7, 11) is 0. The Kier molecular flexibility index (Phi) is 5.17. The van der Waals surface area contributed by atoms with Gasteiger partial charge in [0.05, 0.1) is 17.3 Å². The van der Waals surface area contributed by atoms with E-state index >= 15 is 0 Å².